The number of halogens is 2. The van der Waals surface area contributed by atoms with Crippen molar-refractivity contribution in [1.29, 1.82) is 0 Å². The molecule has 18 heavy (non-hydrogen) atoms. The standard InChI is InChI=1S/C10H11F2NO4S/c1-10(9(14)15,13-18(2,16)17)6-3-7(11)5-8(12)4-6/h3-5,13H,1-2H3,(H,14,15). The number of aliphatic carboxylic acids is 1. The Bertz CT molecular complexity index is 567. The van der Waals surface area contributed by atoms with Gasteiger partial charge in [0.1, 0.15) is 11.6 Å². The predicted octanol–water partition coefficient (Wildman–Crippen LogP) is 0.814. The molecule has 1 atom stereocenters. The van der Waals surface area contributed by atoms with E-state index in [-0.39, 0.29) is 5.56 Å². The second kappa shape index (κ2) is 4.62. The molecule has 1 rings (SSSR count). The van der Waals surface area contributed by atoms with Crippen LogP contribution in [0.4, 0.5) is 8.78 Å². The van der Waals surface area contributed by atoms with Gasteiger partial charge in [0, 0.05) is 6.07 Å². The van der Waals surface area contributed by atoms with Crippen molar-refractivity contribution in [1.82, 2.24) is 4.72 Å². The molecule has 0 aliphatic carbocycles. The van der Waals surface area contributed by atoms with Gasteiger partial charge in [0.2, 0.25) is 10.0 Å². The average Bonchev–Trinajstić information content (AvgIpc) is 2.12. The molecule has 0 amide bonds. The molecule has 2 N–H and O–H groups in total. The first-order valence-electron chi connectivity index (χ1n) is 4.73. The Morgan fingerprint density at radius 1 is 1.28 bits per heavy atom. The molecule has 8 heteroatoms. The van der Waals surface area contributed by atoms with Crippen LogP contribution in [0.15, 0.2) is 18.2 Å². The van der Waals surface area contributed by atoms with Crippen LogP contribution >= 0.6 is 0 Å². The van der Waals surface area contributed by atoms with Gasteiger partial charge in [-0.25, -0.2) is 22.0 Å². The van der Waals surface area contributed by atoms with E-state index < -0.39 is 33.2 Å². The summed E-state index contributed by atoms with van der Waals surface area (Å²) in [7, 11) is -3.88. The smallest absolute Gasteiger partial charge is 0.329 e. The van der Waals surface area contributed by atoms with Crippen molar-refractivity contribution in [3.05, 3.63) is 35.4 Å². The first kappa shape index (κ1) is 14.5. The van der Waals surface area contributed by atoms with E-state index in [1.165, 1.54) is 0 Å². The number of carboxylic acids is 1. The summed E-state index contributed by atoms with van der Waals surface area (Å²) in [6.07, 6.45) is 0.754. The van der Waals surface area contributed by atoms with E-state index in [0.29, 0.717) is 6.07 Å². The molecule has 1 aromatic rings. The van der Waals surface area contributed by atoms with Gasteiger partial charge >= 0.3 is 5.97 Å². The average molecular weight is 279 g/mol. The SMILES string of the molecule is CC(NS(C)(=O)=O)(C(=O)O)c1cc(F)cc(F)c1. The molecule has 0 saturated heterocycles. The van der Waals surface area contributed by atoms with Crippen molar-refractivity contribution < 1.29 is 27.1 Å². The molecule has 1 aromatic carbocycles. The zero-order chi connectivity index (χ0) is 14.1. The fourth-order valence-corrected chi connectivity index (χ4v) is 2.39. The predicted molar refractivity (Wildman–Crippen MR) is 59.3 cm³/mol. The van der Waals surface area contributed by atoms with E-state index in [9.17, 15) is 22.0 Å². The molecule has 5 nitrogen and oxygen atoms in total. The molecule has 100 valence electrons. The van der Waals surface area contributed by atoms with Crippen molar-refractivity contribution in [2.45, 2.75) is 12.5 Å². The monoisotopic (exact) mass is 279 g/mol. The molecule has 0 radical (unpaired) electrons. The zero-order valence-corrected chi connectivity index (χ0v) is 10.4. The lowest BCUT2D eigenvalue weighted by atomic mass is 9.93. The summed E-state index contributed by atoms with van der Waals surface area (Å²) in [6.45, 7) is 1.00. The second-order valence-corrected chi connectivity index (χ2v) is 5.71. The van der Waals surface area contributed by atoms with E-state index >= 15 is 0 Å². The van der Waals surface area contributed by atoms with Gasteiger partial charge in [0.05, 0.1) is 6.26 Å². The van der Waals surface area contributed by atoms with Crippen molar-refractivity contribution >= 4 is 16.0 Å². The van der Waals surface area contributed by atoms with Crippen LogP contribution in [0.3, 0.4) is 0 Å². The minimum atomic E-state index is -3.88. The first-order valence-corrected chi connectivity index (χ1v) is 6.62. The zero-order valence-electron chi connectivity index (χ0n) is 9.57. The van der Waals surface area contributed by atoms with Gasteiger partial charge in [-0.15, -0.1) is 0 Å². The minimum Gasteiger partial charge on any atom is -0.480 e. The third kappa shape index (κ3) is 3.23. The van der Waals surface area contributed by atoms with Crippen molar-refractivity contribution in [3.8, 4) is 0 Å². The van der Waals surface area contributed by atoms with Gasteiger partial charge in [-0.05, 0) is 24.6 Å². The summed E-state index contributed by atoms with van der Waals surface area (Å²) in [5, 5.41) is 9.06. The third-order valence-electron chi connectivity index (χ3n) is 2.26. The van der Waals surface area contributed by atoms with Crippen molar-refractivity contribution in [2.75, 3.05) is 6.26 Å². The number of hydrogen-bond acceptors (Lipinski definition) is 3. The fraction of sp³-hybridized carbons (Fsp3) is 0.300. The Morgan fingerprint density at radius 3 is 2.06 bits per heavy atom. The Morgan fingerprint density at radius 2 is 1.72 bits per heavy atom. The maximum atomic E-state index is 13.0. The largest absolute Gasteiger partial charge is 0.480 e. The summed E-state index contributed by atoms with van der Waals surface area (Å²) >= 11 is 0. The normalized spacial score (nSPS) is 15.1. The molecule has 0 heterocycles. The molecular formula is C10H11F2NO4S. The highest BCUT2D eigenvalue weighted by atomic mass is 32.2. The number of rotatable bonds is 4. The summed E-state index contributed by atoms with van der Waals surface area (Å²) in [4.78, 5) is 11.2. The molecule has 0 spiro atoms. The van der Waals surface area contributed by atoms with Crippen LogP contribution in [-0.2, 0) is 20.4 Å². The lowest BCUT2D eigenvalue weighted by Gasteiger charge is -2.25. The van der Waals surface area contributed by atoms with Crippen LogP contribution in [0, 0.1) is 11.6 Å². The van der Waals surface area contributed by atoms with E-state index in [2.05, 4.69) is 0 Å². The molecule has 0 aliphatic rings. The maximum absolute atomic E-state index is 13.0. The summed E-state index contributed by atoms with van der Waals surface area (Å²) < 4.78 is 50.2. The van der Waals surface area contributed by atoms with Gasteiger partial charge in [0.25, 0.3) is 0 Å². The van der Waals surface area contributed by atoms with Crippen LogP contribution in [0.1, 0.15) is 12.5 Å². The Labute approximate surface area is 102 Å². The highest BCUT2D eigenvalue weighted by Gasteiger charge is 2.38. The lowest BCUT2D eigenvalue weighted by molar-refractivity contribution is -0.143. The maximum Gasteiger partial charge on any atom is 0.329 e. The number of benzene rings is 1. The number of carboxylic acid groups (broad SMARTS) is 1. The highest BCUT2D eigenvalue weighted by Crippen LogP contribution is 2.24. The Balaban J connectivity index is 3.40. The number of sulfonamides is 1. The van der Waals surface area contributed by atoms with Crippen LogP contribution < -0.4 is 4.72 Å². The van der Waals surface area contributed by atoms with Crippen LogP contribution in [0.5, 0.6) is 0 Å². The van der Waals surface area contributed by atoms with E-state index in [1.807, 2.05) is 4.72 Å². The van der Waals surface area contributed by atoms with Crippen LogP contribution in [-0.4, -0.2) is 25.7 Å². The second-order valence-electron chi connectivity index (χ2n) is 3.96. The number of hydrogen-bond donors (Lipinski definition) is 2. The molecular weight excluding hydrogens is 268 g/mol. The molecule has 0 bridgehead atoms. The van der Waals surface area contributed by atoms with Gasteiger partial charge in [0.15, 0.2) is 5.54 Å². The summed E-state index contributed by atoms with van der Waals surface area (Å²) in [5.74, 6) is -3.56. The highest BCUT2D eigenvalue weighted by molar-refractivity contribution is 7.88. The van der Waals surface area contributed by atoms with E-state index in [1.54, 1.807) is 0 Å². The van der Waals surface area contributed by atoms with Gasteiger partial charge < -0.3 is 5.11 Å². The van der Waals surface area contributed by atoms with Gasteiger partial charge in [-0.1, -0.05) is 0 Å². The van der Waals surface area contributed by atoms with E-state index in [4.69, 9.17) is 5.11 Å². The number of nitrogens with one attached hydrogen (secondary N) is 1. The van der Waals surface area contributed by atoms with Crippen LogP contribution in [0.25, 0.3) is 0 Å². The minimum absolute atomic E-state index is 0.335. The molecule has 0 fully saturated rings. The molecule has 0 saturated carbocycles. The summed E-state index contributed by atoms with van der Waals surface area (Å²) in [5.41, 5.74) is -2.48. The third-order valence-corrected chi connectivity index (χ3v) is 3.04. The molecule has 0 aromatic heterocycles. The Hall–Kier alpha value is -1.54. The quantitative estimate of drug-likeness (QED) is 0.854. The fourth-order valence-electron chi connectivity index (χ4n) is 1.44. The first-order chi connectivity index (χ1) is 8.04. The molecule has 0 aliphatic heterocycles. The van der Waals surface area contributed by atoms with Crippen molar-refractivity contribution in [2.24, 2.45) is 0 Å². The van der Waals surface area contributed by atoms with Crippen LogP contribution in [0.2, 0.25) is 0 Å². The lowest BCUT2D eigenvalue weighted by Crippen LogP contribution is -2.49. The topological polar surface area (TPSA) is 83.5 Å². The summed E-state index contributed by atoms with van der Waals surface area (Å²) in [6, 6.07) is 2.08. The van der Waals surface area contributed by atoms with Gasteiger partial charge in [-0.3, -0.25) is 0 Å². The van der Waals surface area contributed by atoms with E-state index in [0.717, 1.165) is 25.3 Å². The Kier molecular flexibility index (Phi) is 3.72. The molecule has 1 unspecified atom stereocenters. The van der Waals surface area contributed by atoms with Gasteiger partial charge in [-0.2, -0.15) is 4.72 Å². The number of carbonyl (C=O) groups is 1. The van der Waals surface area contributed by atoms with Crippen molar-refractivity contribution in [3.63, 3.8) is 0 Å².